The second-order valence-electron chi connectivity index (χ2n) is 12.6. The molecule has 2 saturated heterocycles. The standard InChI is InChI=1S/C27H50N2O8Si/c1-10-14-33-24(30)28-35-19-20(18-34-23-13-11-12-15-32-23)22-16-21(37-38(8,9)27(5,6)7)17-29(22)25(31)36-26(2,3)4/h10,20-23H,1,11-19H2,2-9H3,(H,28,30)/t20-,21-,22+,23?/m1/s1. The van der Waals surface area contributed by atoms with Gasteiger partial charge in [0.1, 0.15) is 12.2 Å². The first-order valence-corrected chi connectivity index (χ1v) is 16.6. The van der Waals surface area contributed by atoms with Crippen molar-refractivity contribution in [3.8, 4) is 0 Å². The van der Waals surface area contributed by atoms with E-state index in [-0.39, 0.29) is 49.2 Å². The molecule has 1 unspecified atom stereocenters. The molecule has 2 aliphatic heterocycles. The summed E-state index contributed by atoms with van der Waals surface area (Å²) in [6, 6.07) is -0.283. The Hall–Kier alpha value is -1.66. The van der Waals surface area contributed by atoms with Gasteiger partial charge in [0, 0.05) is 25.1 Å². The first-order chi connectivity index (χ1) is 17.6. The van der Waals surface area contributed by atoms with E-state index in [4.69, 9.17) is 28.2 Å². The Balaban J connectivity index is 2.22. The average molecular weight is 559 g/mol. The van der Waals surface area contributed by atoms with E-state index in [2.05, 4.69) is 45.9 Å². The number of rotatable bonds is 11. The van der Waals surface area contributed by atoms with Crippen LogP contribution in [0.3, 0.4) is 0 Å². The summed E-state index contributed by atoms with van der Waals surface area (Å²) in [5, 5.41) is 0.0293. The van der Waals surface area contributed by atoms with Crippen LogP contribution in [-0.4, -0.2) is 82.4 Å². The molecule has 2 heterocycles. The van der Waals surface area contributed by atoms with Crippen LogP contribution < -0.4 is 5.48 Å². The summed E-state index contributed by atoms with van der Waals surface area (Å²) in [4.78, 5) is 32.5. The fourth-order valence-corrected chi connectivity index (χ4v) is 5.56. The molecule has 0 aromatic rings. The maximum absolute atomic E-state index is 13.3. The molecule has 0 saturated carbocycles. The summed E-state index contributed by atoms with van der Waals surface area (Å²) in [5.74, 6) is -0.277. The van der Waals surface area contributed by atoms with E-state index in [1.165, 1.54) is 6.08 Å². The highest BCUT2D eigenvalue weighted by Gasteiger charge is 2.46. The molecule has 2 rings (SSSR count). The van der Waals surface area contributed by atoms with Crippen molar-refractivity contribution >= 4 is 20.5 Å². The van der Waals surface area contributed by atoms with Gasteiger partial charge in [-0.15, -0.1) is 0 Å². The Morgan fingerprint density at radius 2 is 1.87 bits per heavy atom. The molecule has 0 bridgehead atoms. The lowest BCUT2D eigenvalue weighted by Gasteiger charge is -2.38. The van der Waals surface area contributed by atoms with E-state index >= 15 is 0 Å². The van der Waals surface area contributed by atoms with Crippen LogP contribution in [0.25, 0.3) is 0 Å². The number of nitrogens with zero attached hydrogens (tertiary/aromatic N) is 1. The molecule has 4 atom stereocenters. The SMILES string of the molecule is C=CCOC(=O)NOC[C@@H](COC1CCCCO1)[C@@H]1C[C@@H](O[Si](C)(C)C(C)(C)C)CN1C(=O)OC(C)(C)C. The summed E-state index contributed by atoms with van der Waals surface area (Å²) in [7, 11) is -2.09. The molecule has 0 aliphatic carbocycles. The highest BCUT2D eigenvalue weighted by atomic mass is 28.4. The highest BCUT2D eigenvalue weighted by Crippen LogP contribution is 2.40. The first kappa shape index (κ1) is 32.5. The van der Waals surface area contributed by atoms with Crippen LogP contribution in [0.4, 0.5) is 9.59 Å². The van der Waals surface area contributed by atoms with Crippen molar-refractivity contribution in [3.63, 3.8) is 0 Å². The normalized spacial score (nSPS) is 23.6. The average Bonchev–Trinajstić information content (AvgIpc) is 3.21. The third kappa shape index (κ3) is 10.5. The zero-order valence-corrected chi connectivity index (χ0v) is 25.7. The quantitative estimate of drug-likeness (QED) is 0.204. The lowest BCUT2D eigenvalue weighted by Crippen LogP contribution is -2.47. The third-order valence-electron chi connectivity index (χ3n) is 7.16. The Bertz CT molecular complexity index is 774. The number of amides is 2. The van der Waals surface area contributed by atoms with E-state index in [0.717, 1.165) is 19.3 Å². The van der Waals surface area contributed by atoms with E-state index in [9.17, 15) is 9.59 Å². The van der Waals surface area contributed by atoms with E-state index < -0.39 is 26.1 Å². The van der Waals surface area contributed by atoms with Crippen molar-refractivity contribution in [1.82, 2.24) is 10.4 Å². The summed E-state index contributed by atoms with van der Waals surface area (Å²) >= 11 is 0. The van der Waals surface area contributed by atoms with Crippen LogP contribution >= 0.6 is 0 Å². The minimum atomic E-state index is -2.09. The lowest BCUT2D eigenvalue weighted by molar-refractivity contribution is -0.176. The zero-order chi connectivity index (χ0) is 28.6. The van der Waals surface area contributed by atoms with Gasteiger partial charge in [-0.1, -0.05) is 33.4 Å². The summed E-state index contributed by atoms with van der Waals surface area (Å²) in [5.41, 5.74) is 1.66. The van der Waals surface area contributed by atoms with Crippen LogP contribution in [0, 0.1) is 5.92 Å². The smallest absolute Gasteiger partial charge is 0.431 e. The van der Waals surface area contributed by atoms with Gasteiger partial charge in [-0.05, 0) is 64.6 Å². The summed E-state index contributed by atoms with van der Waals surface area (Å²) < 4.78 is 29.3. The second kappa shape index (κ2) is 14.1. The van der Waals surface area contributed by atoms with Crippen molar-refractivity contribution in [1.29, 1.82) is 0 Å². The largest absolute Gasteiger partial charge is 0.444 e. The predicted molar refractivity (Wildman–Crippen MR) is 147 cm³/mol. The first-order valence-electron chi connectivity index (χ1n) is 13.7. The zero-order valence-electron chi connectivity index (χ0n) is 24.7. The van der Waals surface area contributed by atoms with Crippen molar-refractivity contribution in [2.45, 2.75) is 109 Å². The van der Waals surface area contributed by atoms with Crippen molar-refractivity contribution in [2.24, 2.45) is 5.92 Å². The molecule has 2 fully saturated rings. The maximum atomic E-state index is 13.3. The minimum absolute atomic E-state index is 0.0293. The topological polar surface area (TPSA) is 105 Å². The predicted octanol–water partition coefficient (Wildman–Crippen LogP) is 5.39. The Morgan fingerprint density at radius 3 is 2.45 bits per heavy atom. The van der Waals surface area contributed by atoms with Crippen LogP contribution in [0.2, 0.25) is 18.1 Å². The molecule has 2 aliphatic rings. The maximum Gasteiger partial charge on any atom is 0.431 e. The monoisotopic (exact) mass is 558 g/mol. The van der Waals surface area contributed by atoms with Crippen molar-refractivity contribution in [2.75, 3.05) is 33.0 Å². The minimum Gasteiger partial charge on any atom is -0.444 e. The molecule has 0 spiro atoms. The fourth-order valence-electron chi connectivity index (χ4n) is 4.20. The molecule has 10 nitrogen and oxygen atoms in total. The Kier molecular flexibility index (Phi) is 12.1. The summed E-state index contributed by atoms with van der Waals surface area (Å²) in [6.07, 6.45) is 3.39. The molecule has 220 valence electrons. The van der Waals surface area contributed by atoms with E-state index in [1.54, 1.807) is 4.90 Å². The number of hydroxylamine groups is 1. The lowest BCUT2D eigenvalue weighted by atomic mass is 9.98. The molecular formula is C27H50N2O8Si. The van der Waals surface area contributed by atoms with Gasteiger partial charge in [0.05, 0.1) is 19.3 Å². The number of hydrogen-bond donors (Lipinski definition) is 1. The van der Waals surface area contributed by atoms with Crippen molar-refractivity contribution < 1.29 is 37.8 Å². The molecule has 11 heteroatoms. The van der Waals surface area contributed by atoms with Crippen LogP contribution in [-0.2, 0) is 28.2 Å². The second-order valence-corrected chi connectivity index (χ2v) is 17.4. The number of carbonyl (C=O) groups excluding carboxylic acids is 2. The molecule has 2 amide bonds. The van der Waals surface area contributed by atoms with E-state index in [0.29, 0.717) is 19.6 Å². The fraction of sp³-hybridized carbons (Fsp3) is 0.852. The van der Waals surface area contributed by atoms with Crippen molar-refractivity contribution in [3.05, 3.63) is 12.7 Å². The molecular weight excluding hydrogens is 508 g/mol. The van der Waals surface area contributed by atoms with Gasteiger partial charge >= 0.3 is 12.2 Å². The van der Waals surface area contributed by atoms with Gasteiger partial charge in [0.15, 0.2) is 14.6 Å². The Morgan fingerprint density at radius 1 is 1.16 bits per heavy atom. The van der Waals surface area contributed by atoms with Gasteiger partial charge in [-0.3, -0.25) is 4.84 Å². The number of carbonyl (C=O) groups is 2. The van der Waals surface area contributed by atoms with Gasteiger partial charge < -0.3 is 28.3 Å². The van der Waals surface area contributed by atoms with Crippen LogP contribution in [0.15, 0.2) is 12.7 Å². The molecule has 38 heavy (non-hydrogen) atoms. The molecule has 0 aromatic carbocycles. The number of nitrogens with one attached hydrogen (secondary N) is 1. The highest BCUT2D eigenvalue weighted by molar-refractivity contribution is 6.74. The summed E-state index contributed by atoms with van der Waals surface area (Å²) in [6.45, 7) is 21.6. The van der Waals surface area contributed by atoms with Gasteiger partial charge in [-0.25, -0.2) is 9.59 Å². The van der Waals surface area contributed by atoms with Gasteiger partial charge in [-0.2, -0.15) is 5.48 Å². The Labute approximate surface area is 229 Å². The van der Waals surface area contributed by atoms with Crippen LogP contribution in [0.5, 0.6) is 0 Å². The molecule has 1 N–H and O–H groups in total. The molecule has 0 aromatic heterocycles. The number of likely N-dealkylation sites (tertiary alicyclic amines) is 1. The van der Waals surface area contributed by atoms with Crippen LogP contribution in [0.1, 0.15) is 67.2 Å². The van der Waals surface area contributed by atoms with Gasteiger partial charge in [0.2, 0.25) is 0 Å². The third-order valence-corrected chi connectivity index (χ3v) is 11.7. The molecule has 0 radical (unpaired) electrons. The van der Waals surface area contributed by atoms with Gasteiger partial charge in [0.25, 0.3) is 0 Å². The number of ether oxygens (including phenoxy) is 4. The number of hydrogen-bond acceptors (Lipinski definition) is 8. The van der Waals surface area contributed by atoms with E-state index in [1.807, 2.05) is 20.8 Å².